The Balaban J connectivity index is 1.98. The smallest absolute Gasteiger partial charge is 0.223 e. The monoisotopic (exact) mass is 332 g/mol. The van der Waals surface area contributed by atoms with Crippen LogP contribution in [-0.4, -0.2) is 16.0 Å². The average Bonchev–Trinajstić information content (AvgIpc) is 2.97. The molecule has 0 aliphatic heterocycles. The molecule has 0 bridgehead atoms. The van der Waals surface area contributed by atoms with Crippen LogP contribution < -0.4 is 5.32 Å². The van der Waals surface area contributed by atoms with Gasteiger partial charge in [-0.15, -0.1) is 11.3 Å². The molecule has 1 amide bonds. The molecule has 0 fully saturated rings. The maximum absolute atomic E-state index is 12.3. The molecule has 0 radical (unpaired) electrons. The number of hydrogen-bond donors (Lipinski definition) is 2. The highest BCUT2D eigenvalue weighted by Gasteiger charge is 2.27. The van der Waals surface area contributed by atoms with Gasteiger partial charge in [-0.05, 0) is 19.4 Å². The van der Waals surface area contributed by atoms with E-state index in [1.165, 1.54) is 0 Å². The molecule has 2 aromatic rings. The third-order valence-electron chi connectivity index (χ3n) is 3.76. The Hall–Kier alpha value is -1.72. The van der Waals surface area contributed by atoms with E-state index in [0.29, 0.717) is 5.92 Å². The molecule has 124 valence electrons. The Kier molecular flexibility index (Phi) is 5.55. The molecule has 5 heteroatoms. The van der Waals surface area contributed by atoms with E-state index in [1.54, 1.807) is 18.3 Å². The van der Waals surface area contributed by atoms with Gasteiger partial charge in [0.25, 0.3) is 0 Å². The fourth-order valence-corrected chi connectivity index (χ4v) is 3.27. The number of aliphatic hydroxyl groups is 1. The molecule has 0 saturated heterocycles. The van der Waals surface area contributed by atoms with Gasteiger partial charge < -0.3 is 10.4 Å². The summed E-state index contributed by atoms with van der Waals surface area (Å²) in [5.74, 6) is 0.195. The van der Waals surface area contributed by atoms with Gasteiger partial charge in [0.15, 0.2) is 0 Å². The first kappa shape index (κ1) is 17.6. The van der Waals surface area contributed by atoms with Crippen LogP contribution in [0.4, 0.5) is 0 Å². The number of aromatic nitrogens is 1. The standard InChI is InChI=1S/C18H24N2O2S/c1-12(2)17-20-15(11-23-17)13(3)19-16(21)10-18(4,22)14-8-6-5-7-9-14/h5-9,11-13,22H,10H2,1-4H3,(H,19,21). The molecule has 0 spiro atoms. The Morgan fingerprint density at radius 1 is 1.30 bits per heavy atom. The molecule has 1 heterocycles. The summed E-state index contributed by atoms with van der Waals surface area (Å²) in [4.78, 5) is 16.8. The fraction of sp³-hybridized carbons (Fsp3) is 0.444. The molecular weight excluding hydrogens is 308 g/mol. The third-order valence-corrected chi connectivity index (χ3v) is 4.92. The predicted molar refractivity (Wildman–Crippen MR) is 93.4 cm³/mol. The van der Waals surface area contributed by atoms with Crippen LogP contribution in [0.25, 0.3) is 0 Å². The summed E-state index contributed by atoms with van der Waals surface area (Å²) in [6.07, 6.45) is 0.0164. The minimum atomic E-state index is -1.18. The number of carbonyl (C=O) groups excluding carboxylic acids is 1. The van der Waals surface area contributed by atoms with E-state index >= 15 is 0 Å². The van der Waals surface area contributed by atoms with E-state index in [2.05, 4.69) is 24.1 Å². The SMILES string of the molecule is CC(C)c1nc(C(C)NC(=O)CC(C)(O)c2ccccc2)cs1. The summed E-state index contributed by atoms with van der Waals surface area (Å²) >= 11 is 1.61. The lowest BCUT2D eigenvalue weighted by molar-refractivity contribution is -0.126. The van der Waals surface area contributed by atoms with Crippen molar-refractivity contribution in [3.05, 3.63) is 52.0 Å². The summed E-state index contributed by atoms with van der Waals surface area (Å²) in [6.45, 7) is 7.77. The lowest BCUT2D eigenvalue weighted by Gasteiger charge is -2.24. The van der Waals surface area contributed by atoms with Crippen molar-refractivity contribution in [2.75, 3.05) is 0 Å². The number of rotatable bonds is 6. The van der Waals surface area contributed by atoms with Crippen LogP contribution in [0.3, 0.4) is 0 Å². The molecule has 4 nitrogen and oxygen atoms in total. The van der Waals surface area contributed by atoms with Crippen molar-refractivity contribution in [1.29, 1.82) is 0 Å². The van der Waals surface area contributed by atoms with E-state index in [4.69, 9.17) is 0 Å². The number of benzene rings is 1. The first-order valence-corrected chi connectivity index (χ1v) is 8.70. The van der Waals surface area contributed by atoms with Gasteiger partial charge in [0, 0.05) is 11.3 Å². The maximum atomic E-state index is 12.3. The summed E-state index contributed by atoms with van der Waals surface area (Å²) in [5, 5.41) is 16.5. The largest absolute Gasteiger partial charge is 0.385 e. The van der Waals surface area contributed by atoms with Gasteiger partial charge >= 0.3 is 0 Å². The molecular formula is C18H24N2O2S. The second kappa shape index (κ2) is 7.23. The normalized spacial score (nSPS) is 15.2. The lowest BCUT2D eigenvalue weighted by atomic mass is 9.92. The molecule has 2 unspecified atom stereocenters. The number of amides is 1. The van der Waals surface area contributed by atoms with Crippen molar-refractivity contribution >= 4 is 17.2 Å². The number of nitrogens with zero attached hydrogens (tertiary/aromatic N) is 1. The van der Waals surface area contributed by atoms with Crippen molar-refractivity contribution < 1.29 is 9.90 Å². The zero-order valence-corrected chi connectivity index (χ0v) is 14.9. The van der Waals surface area contributed by atoms with Crippen LogP contribution in [0.5, 0.6) is 0 Å². The topological polar surface area (TPSA) is 62.2 Å². The zero-order chi connectivity index (χ0) is 17.0. The van der Waals surface area contributed by atoms with Crippen molar-refractivity contribution in [2.45, 2.75) is 51.7 Å². The van der Waals surface area contributed by atoms with Crippen LogP contribution in [0.1, 0.15) is 62.3 Å². The number of hydrogen-bond acceptors (Lipinski definition) is 4. The van der Waals surface area contributed by atoms with Gasteiger partial charge in [-0.1, -0.05) is 44.2 Å². The van der Waals surface area contributed by atoms with Crippen LogP contribution >= 0.6 is 11.3 Å². The molecule has 23 heavy (non-hydrogen) atoms. The van der Waals surface area contributed by atoms with Gasteiger partial charge in [-0.25, -0.2) is 4.98 Å². The minimum absolute atomic E-state index is 0.0164. The van der Waals surface area contributed by atoms with Crippen LogP contribution in [-0.2, 0) is 10.4 Å². The number of carbonyl (C=O) groups is 1. The first-order valence-electron chi connectivity index (χ1n) is 7.82. The Labute approximate surface area is 141 Å². The second-order valence-electron chi connectivity index (χ2n) is 6.37. The molecule has 0 aliphatic carbocycles. The summed E-state index contributed by atoms with van der Waals surface area (Å²) in [5.41, 5.74) is 0.418. The van der Waals surface area contributed by atoms with Gasteiger partial charge in [0.2, 0.25) is 5.91 Å². The quantitative estimate of drug-likeness (QED) is 0.847. The van der Waals surface area contributed by atoms with Gasteiger partial charge in [-0.3, -0.25) is 4.79 Å². The molecule has 1 aromatic carbocycles. The molecule has 0 aliphatic rings. The average molecular weight is 332 g/mol. The maximum Gasteiger partial charge on any atom is 0.223 e. The fourth-order valence-electron chi connectivity index (χ4n) is 2.34. The van der Waals surface area contributed by atoms with Crippen molar-refractivity contribution in [1.82, 2.24) is 10.3 Å². The van der Waals surface area contributed by atoms with E-state index in [-0.39, 0.29) is 18.4 Å². The van der Waals surface area contributed by atoms with Crippen molar-refractivity contribution in [2.24, 2.45) is 0 Å². The second-order valence-corrected chi connectivity index (χ2v) is 7.26. The van der Waals surface area contributed by atoms with Crippen molar-refractivity contribution in [3.8, 4) is 0 Å². The van der Waals surface area contributed by atoms with Crippen LogP contribution in [0, 0.1) is 0 Å². The summed E-state index contributed by atoms with van der Waals surface area (Å²) < 4.78 is 0. The van der Waals surface area contributed by atoms with Crippen LogP contribution in [0.15, 0.2) is 35.7 Å². The molecule has 1 aromatic heterocycles. The van der Waals surface area contributed by atoms with E-state index < -0.39 is 5.60 Å². The highest BCUT2D eigenvalue weighted by Crippen LogP contribution is 2.26. The molecule has 0 saturated carbocycles. The molecule has 2 rings (SSSR count). The highest BCUT2D eigenvalue weighted by atomic mass is 32.1. The number of nitrogens with one attached hydrogen (secondary N) is 1. The third kappa shape index (κ3) is 4.62. The summed E-state index contributed by atoms with van der Waals surface area (Å²) in [6, 6.07) is 9.08. The van der Waals surface area contributed by atoms with Gasteiger partial charge in [0.05, 0.1) is 28.8 Å². The zero-order valence-electron chi connectivity index (χ0n) is 14.0. The highest BCUT2D eigenvalue weighted by molar-refractivity contribution is 7.09. The van der Waals surface area contributed by atoms with Crippen LogP contribution in [0.2, 0.25) is 0 Å². The van der Waals surface area contributed by atoms with Gasteiger partial charge in [0.1, 0.15) is 0 Å². The lowest BCUT2D eigenvalue weighted by Crippen LogP contribution is -2.34. The summed E-state index contributed by atoms with van der Waals surface area (Å²) in [7, 11) is 0. The first-order chi connectivity index (χ1) is 10.8. The van der Waals surface area contributed by atoms with Gasteiger partial charge in [-0.2, -0.15) is 0 Å². The van der Waals surface area contributed by atoms with Crippen molar-refractivity contribution in [3.63, 3.8) is 0 Å². The Morgan fingerprint density at radius 3 is 2.52 bits per heavy atom. The Bertz CT molecular complexity index is 650. The Morgan fingerprint density at radius 2 is 1.96 bits per heavy atom. The predicted octanol–water partition coefficient (Wildman–Crippen LogP) is 3.74. The van der Waals surface area contributed by atoms with E-state index in [0.717, 1.165) is 16.3 Å². The van der Waals surface area contributed by atoms with E-state index in [9.17, 15) is 9.90 Å². The minimum Gasteiger partial charge on any atom is -0.385 e. The van der Waals surface area contributed by atoms with E-state index in [1.807, 2.05) is 42.6 Å². The number of thiazole rings is 1. The molecule has 2 N–H and O–H groups in total. The molecule has 2 atom stereocenters.